The molecule has 0 nitrogen and oxygen atoms in total. The SMILES string of the molecule is F/C=C(/F)c1ccc(F)cc1. The molecule has 0 amide bonds. The molecule has 0 N–H and O–H groups in total. The Morgan fingerprint density at radius 3 is 2.18 bits per heavy atom. The van der Waals surface area contributed by atoms with E-state index >= 15 is 0 Å². The lowest BCUT2D eigenvalue weighted by atomic mass is 10.2. The van der Waals surface area contributed by atoms with Crippen LogP contribution in [0.4, 0.5) is 13.2 Å². The van der Waals surface area contributed by atoms with Crippen molar-refractivity contribution in [3.63, 3.8) is 0 Å². The Hall–Kier alpha value is -1.25. The lowest BCUT2D eigenvalue weighted by molar-refractivity contribution is 0.626. The molecule has 0 radical (unpaired) electrons. The molecular weight excluding hydrogens is 153 g/mol. The van der Waals surface area contributed by atoms with Crippen molar-refractivity contribution in [2.75, 3.05) is 0 Å². The van der Waals surface area contributed by atoms with E-state index in [0.717, 1.165) is 12.1 Å². The first kappa shape index (κ1) is 7.85. The second-order valence-electron chi connectivity index (χ2n) is 1.96. The molecule has 0 atom stereocenters. The molecule has 1 rings (SSSR count). The van der Waals surface area contributed by atoms with Crippen LogP contribution >= 0.6 is 0 Å². The van der Waals surface area contributed by atoms with Gasteiger partial charge in [0.1, 0.15) is 12.1 Å². The number of hydrogen-bond acceptors (Lipinski definition) is 0. The molecule has 0 unspecified atom stereocenters. The third kappa shape index (κ3) is 1.83. The molecular formula is C8H5F3. The summed E-state index contributed by atoms with van der Waals surface area (Å²) in [6, 6.07) is 4.47. The number of rotatable bonds is 1. The topological polar surface area (TPSA) is 0 Å². The van der Waals surface area contributed by atoms with Crippen molar-refractivity contribution in [2.24, 2.45) is 0 Å². The van der Waals surface area contributed by atoms with Crippen LogP contribution in [0.1, 0.15) is 5.56 Å². The van der Waals surface area contributed by atoms with Crippen LogP contribution < -0.4 is 0 Å². The maximum absolute atomic E-state index is 12.4. The molecule has 0 aliphatic rings. The third-order valence-electron chi connectivity index (χ3n) is 1.22. The quantitative estimate of drug-likeness (QED) is 0.589. The molecule has 0 heterocycles. The van der Waals surface area contributed by atoms with Crippen molar-refractivity contribution in [3.05, 3.63) is 42.0 Å². The van der Waals surface area contributed by atoms with Crippen LogP contribution in [0.15, 0.2) is 30.6 Å². The Labute approximate surface area is 62.0 Å². The van der Waals surface area contributed by atoms with Gasteiger partial charge in [-0.15, -0.1) is 0 Å². The molecule has 0 bridgehead atoms. The smallest absolute Gasteiger partial charge is 0.158 e. The van der Waals surface area contributed by atoms with E-state index < -0.39 is 11.6 Å². The standard InChI is InChI=1S/C8H5F3/c9-5-8(11)6-1-3-7(10)4-2-6/h1-5H/b8-5+. The summed E-state index contributed by atoms with van der Waals surface area (Å²) in [5.74, 6) is -1.47. The normalized spacial score (nSPS) is 11.7. The zero-order valence-corrected chi connectivity index (χ0v) is 5.52. The minimum atomic E-state index is -0.995. The number of benzene rings is 1. The molecule has 58 valence electrons. The predicted molar refractivity (Wildman–Crippen MR) is 36.6 cm³/mol. The fourth-order valence-corrected chi connectivity index (χ4v) is 0.672. The Balaban J connectivity index is 2.99. The molecule has 0 aliphatic heterocycles. The highest BCUT2D eigenvalue weighted by atomic mass is 19.2. The van der Waals surface area contributed by atoms with Gasteiger partial charge in [0.05, 0.1) is 0 Å². The zero-order chi connectivity index (χ0) is 8.27. The first-order valence-electron chi connectivity index (χ1n) is 2.96. The summed E-state index contributed by atoms with van der Waals surface area (Å²) in [4.78, 5) is 0. The molecule has 0 saturated carbocycles. The van der Waals surface area contributed by atoms with Crippen molar-refractivity contribution in [1.82, 2.24) is 0 Å². The summed E-state index contributed by atoms with van der Waals surface area (Å²) in [5, 5.41) is 0. The van der Waals surface area contributed by atoms with E-state index in [1.807, 2.05) is 0 Å². The average Bonchev–Trinajstić information content (AvgIpc) is 2.05. The van der Waals surface area contributed by atoms with Gasteiger partial charge in [-0.1, -0.05) is 0 Å². The summed E-state index contributed by atoms with van der Waals surface area (Å²) < 4.78 is 36.1. The first-order chi connectivity index (χ1) is 5.24. The van der Waals surface area contributed by atoms with Crippen molar-refractivity contribution < 1.29 is 13.2 Å². The van der Waals surface area contributed by atoms with E-state index in [0.29, 0.717) is 0 Å². The fraction of sp³-hybridized carbons (Fsp3) is 0. The van der Waals surface area contributed by atoms with Crippen molar-refractivity contribution in [1.29, 1.82) is 0 Å². The van der Waals surface area contributed by atoms with Crippen LogP contribution in [0.25, 0.3) is 5.83 Å². The summed E-state index contributed by atoms with van der Waals surface area (Å²) in [6.45, 7) is 0. The van der Waals surface area contributed by atoms with Crippen LogP contribution in [0.3, 0.4) is 0 Å². The van der Waals surface area contributed by atoms with Gasteiger partial charge in [0, 0.05) is 5.56 Å². The monoisotopic (exact) mass is 158 g/mol. The van der Waals surface area contributed by atoms with Crippen LogP contribution in [-0.4, -0.2) is 0 Å². The van der Waals surface area contributed by atoms with E-state index in [9.17, 15) is 13.2 Å². The second-order valence-corrected chi connectivity index (χ2v) is 1.96. The van der Waals surface area contributed by atoms with E-state index in [2.05, 4.69) is 0 Å². The minimum absolute atomic E-state index is 0.0360. The maximum Gasteiger partial charge on any atom is 0.158 e. The van der Waals surface area contributed by atoms with Gasteiger partial charge in [0.2, 0.25) is 0 Å². The van der Waals surface area contributed by atoms with Gasteiger partial charge >= 0.3 is 0 Å². The molecule has 0 saturated heterocycles. The molecule has 11 heavy (non-hydrogen) atoms. The van der Waals surface area contributed by atoms with Gasteiger partial charge in [-0.05, 0) is 24.3 Å². The summed E-state index contributed by atoms with van der Waals surface area (Å²) in [6.07, 6.45) is -0.159. The molecule has 1 aromatic carbocycles. The summed E-state index contributed by atoms with van der Waals surface area (Å²) >= 11 is 0. The van der Waals surface area contributed by atoms with Gasteiger partial charge in [0.15, 0.2) is 5.83 Å². The van der Waals surface area contributed by atoms with Crippen LogP contribution in [0.2, 0.25) is 0 Å². The van der Waals surface area contributed by atoms with Crippen molar-refractivity contribution in [3.8, 4) is 0 Å². The van der Waals surface area contributed by atoms with E-state index in [1.54, 1.807) is 0 Å². The lowest BCUT2D eigenvalue weighted by Crippen LogP contribution is -1.77. The fourth-order valence-electron chi connectivity index (χ4n) is 0.672. The molecule has 0 aliphatic carbocycles. The zero-order valence-electron chi connectivity index (χ0n) is 5.52. The molecule has 1 aromatic rings. The minimum Gasteiger partial charge on any atom is -0.212 e. The summed E-state index contributed by atoms with van der Waals surface area (Å²) in [7, 11) is 0. The van der Waals surface area contributed by atoms with Crippen LogP contribution in [0.5, 0.6) is 0 Å². The third-order valence-corrected chi connectivity index (χ3v) is 1.22. The van der Waals surface area contributed by atoms with Crippen LogP contribution in [0, 0.1) is 5.82 Å². The second kappa shape index (κ2) is 3.23. The number of hydrogen-bond donors (Lipinski definition) is 0. The largest absolute Gasteiger partial charge is 0.212 e. The Morgan fingerprint density at radius 1 is 1.18 bits per heavy atom. The van der Waals surface area contributed by atoms with Gasteiger partial charge in [-0.25, -0.2) is 13.2 Å². The first-order valence-corrected chi connectivity index (χ1v) is 2.96. The highest BCUT2D eigenvalue weighted by Crippen LogP contribution is 2.15. The molecule has 0 spiro atoms. The van der Waals surface area contributed by atoms with E-state index in [-0.39, 0.29) is 11.9 Å². The van der Waals surface area contributed by atoms with Crippen LogP contribution in [-0.2, 0) is 0 Å². The average molecular weight is 158 g/mol. The van der Waals surface area contributed by atoms with Gasteiger partial charge < -0.3 is 0 Å². The Morgan fingerprint density at radius 2 is 1.73 bits per heavy atom. The van der Waals surface area contributed by atoms with E-state index in [1.165, 1.54) is 12.1 Å². The Kier molecular flexibility index (Phi) is 2.31. The van der Waals surface area contributed by atoms with E-state index in [4.69, 9.17) is 0 Å². The van der Waals surface area contributed by atoms with Gasteiger partial charge in [-0.2, -0.15) is 0 Å². The molecule has 0 fully saturated rings. The van der Waals surface area contributed by atoms with Crippen molar-refractivity contribution >= 4 is 5.83 Å². The highest BCUT2D eigenvalue weighted by molar-refractivity contribution is 5.57. The molecule has 0 aromatic heterocycles. The van der Waals surface area contributed by atoms with Gasteiger partial charge in [0.25, 0.3) is 0 Å². The molecule has 3 heteroatoms. The predicted octanol–water partition coefficient (Wildman–Crippen LogP) is 3.06. The lowest BCUT2D eigenvalue weighted by Gasteiger charge is -1.93. The Bertz CT molecular complexity index is 261. The highest BCUT2D eigenvalue weighted by Gasteiger charge is 1.98. The number of halogens is 3. The maximum atomic E-state index is 12.4. The van der Waals surface area contributed by atoms with Crippen molar-refractivity contribution in [2.45, 2.75) is 0 Å². The van der Waals surface area contributed by atoms with Gasteiger partial charge in [-0.3, -0.25) is 0 Å². The summed E-state index contributed by atoms with van der Waals surface area (Å²) in [5.41, 5.74) is 0.0360.